The van der Waals surface area contributed by atoms with E-state index in [1.807, 2.05) is 24.4 Å². The fourth-order valence-corrected chi connectivity index (χ4v) is 4.50. The molecular weight excluding hydrogens is 380 g/mol. The van der Waals surface area contributed by atoms with Crippen molar-refractivity contribution in [2.75, 3.05) is 32.2 Å². The monoisotopic (exact) mass is 406 g/mol. The number of nitrogens with zero attached hydrogens (tertiary/aromatic N) is 4. The van der Waals surface area contributed by atoms with Crippen LogP contribution in [0, 0.1) is 5.92 Å². The molecular formula is C23H26N4O3. The van der Waals surface area contributed by atoms with Crippen molar-refractivity contribution in [3.8, 4) is 22.6 Å². The highest BCUT2D eigenvalue weighted by Gasteiger charge is 2.45. The Balaban J connectivity index is 1.41. The van der Waals surface area contributed by atoms with Gasteiger partial charge in [0.1, 0.15) is 5.82 Å². The molecule has 0 amide bonds. The van der Waals surface area contributed by atoms with Crippen molar-refractivity contribution < 1.29 is 14.6 Å². The number of anilines is 1. The second kappa shape index (κ2) is 7.40. The van der Waals surface area contributed by atoms with Crippen molar-refractivity contribution >= 4 is 16.7 Å². The molecule has 1 N–H and O–H groups in total. The quantitative estimate of drug-likeness (QED) is 0.695. The zero-order chi connectivity index (χ0) is 20.7. The van der Waals surface area contributed by atoms with Crippen molar-refractivity contribution in [2.45, 2.75) is 31.3 Å². The molecule has 0 unspecified atom stereocenters. The standard InChI is InChI=1S/C23H26N4O3/c1-29-20-11-17-18(14-25-26-19(17)12-21(20)30-2)15-3-6-22(24-13-15)27-9-7-23(28,8-10-27)16-4-5-16/h3,6,11-14,16,28H,4-5,7-10H2,1-2H3. The van der Waals surface area contributed by atoms with Crippen molar-refractivity contribution in [3.05, 3.63) is 36.7 Å². The maximum Gasteiger partial charge on any atom is 0.162 e. The summed E-state index contributed by atoms with van der Waals surface area (Å²) in [5.74, 6) is 2.74. The van der Waals surface area contributed by atoms with E-state index in [9.17, 15) is 5.11 Å². The lowest BCUT2D eigenvalue weighted by molar-refractivity contribution is -0.00541. The van der Waals surface area contributed by atoms with Gasteiger partial charge in [-0.25, -0.2) is 4.98 Å². The second-order valence-electron chi connectivity index (χ2n) is 8.25. The number of rotatable bonds is 5. The minimum atomic E-state index is -0.460. The van der Waals surface area contributed by atoms with Crippen LogP contribution in [0.4, 0.5) is 5.82 Å². The molecule has 7 nitrogen and oxygen atoms in total. The highest BCUT2D eigenvalue weighted by atomic mass is 16.5. The highest BCUT2D eigenvalue weighted by molar-refractivity contribution is 5.95. The average Bonchev–Trinajstić information content (AvgIpc) is 3.65. The van der Waals surface area contributed by atoms with Gasteiger partial charge in [0.15, 0.2) is 11.5 Å². The largest absolute Gasteiger partial charge is 0.493 e. The van der Waals surface area contributed by atoms with Gasteiger partial charge < -0.3 is 19.5 Å². The molecule has 7 heteroatoms. The summed E-state index contributed by atoms with van der Waals surface area (Å²) < 4.78 is 10.8. The Kier molecular flexibility index (Phi) is 4.70. The van der Waals surface area contributed by atoms with E-state index in [1.165, 1.54) is 12.8 Å². The maximum atomic E-state index is 10.8. The molecule has 5 rings (SSSR count). The number of methoxy groups -OCH3 is 2. The molecule has 0 spiro atoms. The fraction of sp³-hybridized carbons (Fsp3) is 0.435. The van der Waals surface area contributed by atoms with E-state index < -0.39 is 5.60 Å². The van der Waals surface area contributed by atoms with E-state index in [1.54, 1.807) is 20.4 Å². The molecule has 1 aliphatic carbocycles. The third kappa shape index (κ3) is 3.33. The third-order valence-electron chi connectivity index (χ3n) is 6.49. The summed E-state index contributed by atoms with van der Waals surface area (Å²) in [6.07, 6.45) is 7.62. The Bertz CT molecular complexity index is 1060. The molecule has 1 aliphatic heterocycles. The molecule has 0 atom stereocenters. The molecule has 1 saturated carbocycles. The first kappa shape index (κ1) is 19.1. The van der Waals surface area contributed by atoms with Crippen molar-refractivity contribution in [1.82, 2.24) is 15.2 Å². The van der Waals surface area contributed by atoms with Crippen LogP contribution in [0.2, 0.25) is 0 Å². The SMILES string of the molecule is COc1cc2nncc(-c3ccc(N4CCC(O)(C5CC5)CC4)nc3)c2cc1OC. The normalized spacial score (nSPS) is 18.4. The zero-order valence-corrected chi connectivity index (χ0v) is 17.3. The van der Waals surface area contributed by atoms with Crippen molar-refractivity contribution in [2.24, 2.45) is 5.92 Å². The summed E-state index contributed by atoms with van der Waals surface area (Å²) in [5, 5.41) is 20.1. The van der Waals surface area contributed by atoms with Crippen LogP contribution in [-0.2, 0) is 0 Å². The number of aliphatic hydroxyl groups is 1. The maximum absolute atomic E-state index is 10.8. The number of fused-ring (bicyclic) bond motifs is 1. The average molecular weight is 406 g/mol. The van der Waals surface area contributed by atoms with Gasteiger partial charge in [-0.15, -0.1) is 0 Å². The topological polar surface area (TPSA) is 80.6 Å². The Morgan fingerprint density at radius 3 is 2.40 bits per heavy atom. The van der Waals surface area contributed by atoms with Gasteiger partial charge in [-0.05, 0) is 49.8 Å². The summed E-state index contributed by atoms with van der Waals surface area (Å²) in [6, 6.07) is 7.87. The Hall–Kier alpha value is -2.93. The van der Waals surface area contributed by atoms with Crippen LogP contribution in [0.25, 0.3) is 22.0 Å². The van der Waals surface area contributed by atoms with E-state index in [0.717, 1.165) is 53.8 Å². The molecule has 1 saturated heterocycles. The molecule has 1 aromatic carbocycles. The second-order valence-corrected chi connectivity index (χ2v) is 8.25. The molecule has 156 valence electrons. The molecule has 3 aromatic rings. The Morgan fingerprint density at radius 2 is 1.77 bits per heavy atom. The van der Waals surface area contributed by atoms with Gasteiger partial charge in [0.2, 0.25) is 0 Å². The van der Waals surface area contributed by atoms with Crippen LogP contribution in [0.3, 0.4) is 0 Å². The lowest BCUT2D eigenvalue weighted by Gasteiger charge is -2.39. The van der Waals surface area contributed by atoms with Crippen LogP contribution < -0.4 is 14.4 Å². The zero-order valence-electron chi connectivity index (χ0n) is 17.3. The fourth-order valence-electron chi connectivity index (χ4n) is 4.50. The first-order valence-electron chi connectivity index (χ1n) is 10.4. The number of ether oxygens (including phenoxy) is 2. The van der Waals surface area contributed by atoms with Crippen LogP contribution in [0.1, 0.15) is 25.7 Å². The first-order chi connectivity index (χ1) is 14.6. The number of piperidine rings is 1. The Morgan fingerprint density at radius 1 is 1.03 bits per heavy atom. The lowest BCUT2D eigenvalue weighted by atomic mass is 9.87. The van der Waals surface area contributed by atoms with Gasteiger partial charge >= 0.3 is 0 Å². The predicted molar refractivity (Wildman–Crippen MR) is 115 cm³/mol. The predicted octanol–water partition coefficient (Wildman–Crippen LogP) is 3.45. The van der Waals surface area contributed by atoms with Gasteiger partial charge in [-0.1, -0.05) is 0 Å². The van der Waals surface area contributed by atoms with E-state index in [-0.39, 0.29) is 0 Å². The van der Waals surface area contributed by atoms with E-state index in [0.29, 0.717) is 17.4 Å². The molecule has 30 heavy (non-hydrogen) atoms. The number of hydrogen-bond acceptors (Lipinski definition) is 7. The third-order valence-corrected chi connectivity index (χ3v) is 6.49. The minimum absolute atomic E-state index is 0.460. The van der Waals surface area contributed by atoms with Gasteiger partial charge in [0.05, 0.1) is 31.5 Å². The minimum Gasteiger partial charge on any atom is -0.493 e. The summed E-state index contributed by atoms with van der Waals surface area (Å²) >= 11 is 0. The van der Waals surface area contributed by atoms with Crippen molar-refractivity contribution in [1.29, 1.82) is 0 Å². The van der Waals surface area contributed by atoms with Gasteiger partial charge in [0, 0.05) is 41.9 Å². The van der Waals surface area contributed by atoms with E-state index in [2.05, 4.69) is 21.2 Å². The Labute approximate surface area is 175 Å². The molecule has 0 bridgehead atoms. The van der Waals surface area contributed by atoms with Crippen molar-refractivity contribution in [3.63, 3.8) is 0 Å². The molecule has 3 heterocycles. The summed E-state index contributed by atoms with van der Waals surface area (Å²) in [4.78, 5) is 6.97. The van der Waals surface area contributed by atoms with E-state index >= 15 is 0 Å². The van der Waals surface area contributed by atoms with E-state index in [4.69, 9.17) is 14.5 Å². The number of aromatic nitrogens is 3. The summed E-state index contributed by atoms with van der Waals surface area (Å²) in [5.41, 5.74) is 2.20. The first-order valence-corrected chi connectivity index (χ1v) is 10.4. The molecule has 2 aromatic heterocycles. The smallest absolute Gasteiger partial charge is 0.162 e. The number of hydrogen-bond donors (Lipinski definition) is 1. The summed E-state index contributed by atoms with van der Waals surface area (Å²) in [6.45, 7) is 1.69. The van der Waals surface area contributed by atoms with Gasteiger partial charge in [-0.2, -0.15) is 10.2 Å². The molecule has 2 fully saturated rings. The molecule has 0 radical (unpaired) electrons. The number of benzene rings is 1. The lowest BCUT2D eigenvalue weighted by Crippen LogP contribution is -2.46. The highest BCUT2D eigenvalue weighted by Crippen LogP contribution is 2.45. The molecule has 2 aliphatic rings. The number of pyridine rings is 1. The van der Waals surface area contributed by atoms with Crippen LogP contribution in [-0.4, -0.2) is 53.2 Å². The van der Waals surface area contributed by atoms with Crippen LogP contribution >= 0.6 is 0 Å². The van der Waals surface area contributed by atoms with Gasteiger partial charge in [-0.3, -0.25) is 0 Å². The summed E-state index contributed by atoms with van der Waals surface area (Å²) in [7, 11) is 3.23. The van der Waals surface area contributed by atoms with Crippen LogP contribution in [0.15, 0.2) is 36.7 Å². The van der Waals surface area contributed by atoms with Gasteiger partial charge in [0.25, 0.3) is 0 Å². The van der Waals surface area contributed by atoms with Crippen LogP contribution in [0.5, 0.6) is 11.5 Å².